The van der Waals surface area contributed by atoms with Crippen LogP contribution in [-0.2, 0) is 4.79 Å². The smallest absolute Gasteiger partial charge is 0.226 e. The summed E-state index contributed by atoms with van der Waals surface area (Å²) in [6.45, 7) is 1.94. The van der Waals surface area contributed by atoms with Crippen LogP contribution in [0.5, 0.6) is 0 Å². The van der Waals surface area contributed by atoms with Crippen molar-refractivity contribution in [2.24, 2.45) is 0 Å². The van der Waals surface area contributed by atoms with Gasteiger partial charge in [0.15, 0.2) is 11.8 Å². The Hall–Kier alpha value is -1.20. The maximum absolute atomic E-state index is 12.0. The van der Waals surface area contributed by atoms with Gasteiger partial charge >= 0.3 is 0 Å². The van der Waals surface area contributed by atoms with Crippen molar-refractivity contribution >= 4 is 39.2 Å². The number of benzene rings is 1. The average molecular weight is 251 g/mol. The molecule has 1 N–H and O–H groups in total. The fraction of sp³-hybridized carbons (Fsp3) is 0.182. The molecule has 1 heterocycles. The standard InChI is InChI=1S/C11H9NO2S2/c1-6-2-4-7(5-3-6)9(13)8-10(14)16-11(15)12-8/h2-5,8H,1H3,(H,12,15). The zero-order chi connectivity index (χ0) is 11.7. The van der Waals surface area contributed by atoms with Crippen LogP contribution >= 0.6 is 24.0 Å². The van der Waals surface area contributed by atoms with Crippen molar-refractivity contribution in [2.45, 2.75) is 13.0 Å². The molecule has 1 aliphatic rings. The number of hydrogen-bond acceptors (Lipinski definition) is 4. The van der Waals surface area contributed by atoms with Crippen LogP contribution in [0.3, 0.4) is 0 Å². The van der Waals surface area contributed by atoms with Crippen LogP contribution in [0.2, 0.25) is 0 Å². The lowest BCUT2D eigenvalue weighted by molar-refractivity contribution is -0.111. The molecule has 1 saturated heterocycles. The Morgan fingerprint density at radius 3 is 2.50 bits per heavy atom. The van der Waals surface area contributed by atoms with E-state index in [-0.39, 0.29) is 10.9 Å². The molecule has 0 aliphatic carbocycles. The zero-order valence-electron chi connectivity index (χ0n) is 8.52. The summed E-state index contributed by atoms with van der Waals surface area (Å²) in [5.74, 6) is -0.225. The van der Waals surface area contributed by atoms with Gasteiger partial charge < -0.3 is 5.32 Å². The van der Waals surface area contributed by atoms with E-state index in [0.717, 1.165) is 17.3 Å². The molecule has 0 amide bonds. The second kappa shape index (κ2) is 4.35. The van der Waals surface area contributed by atoms with Crippen molar-refractivity contribution < 1.29 is 9.59 Å². The Bertz CT molecular complexity index is 467. The van der Waals surface area contributed by atoms with Gasteiger partial charge in [0, 0.05) is 5.56 Å². The third-order valence-corrected chi connectivity index (χ3v) is 3.40. The van der Waals surface area contributed by atoms with E-state index in [4.69, 9.17) is 12.2 Å². The van der Waals surface area contributed by atoms with Crippen LogP contribution in [-0.4, -0.2) is 21.3 Å². The first-order valence-corrected chi connectivity index (χ1v) is 5.93. The quantitative estimate of drug-likeness (QED) is 0.492. The van der Waals surface area contributed by atoms with Crippen LogP contribution in [0.15, 0.2) is 24.3 Å². The molecule has 2 rings (SSSR count). The second-order valence-electron chi connectivity index (χ2n) is 3.52. The van der Waals surface area contributed by atoms with Gasteiger partial charge in [-0.25, -0.2) is 0 Å². The van der Waals surface area contributed by atoms with E-state index in [1.54, 1.807) is 12.1 Å². The molecular weight excluding hydrogens is 242 g/mol. The van der Waals surface area contributed by atoms with E-state index in [0.29, 0.717) is 9.88 Å². The van der Waals surface area contributed by atoms with Crippen LogP contribution < -0.4 is 5.32 Å². The molecule has 1 atom stereocenters. The molecular formula is C11H9NO2S2. The van der Waals surface area contributed by atoms with Gasteiger partial charge in [0.25, 0.3) is 0 Å². The van der Waals surface area contributed by atoms with E-state index < -0.39 is 6.04 Å². The van der Waals surface area contributed by atoms with Crippen molar-refractivity contribution in [1.82, 2.24) is 5.32 Å². The molecule has 0 radical (unpaired) electrons. The predicted molar refractivity (Wildman–Crippen MR) is 67.6 cm³/mol. The monoisotopic (exact) mass is 251 g/mol. The Labute approximate surface area is 103 Å². The topological polar surface area (TPSA) is 46.2 Å². The van der Waals surface area contributed by atoms with Crippen molar-refractivity contribution in [3.8, 4) is 0 Å². The number of carbonyl (C=O) groups excluding carboxylic acids is 2. The first kappa shape index (κ1) is 11.3. The third kappa shape index (κ3) is 2.15. The van der Waals surface area contributed by atoms with Crippen LogP contribution in [0.25, 0.3) is 0 Å². The van der Waals surface area contributed by atoms with Gasteiger partial charge in [-0.15, -0.1) is 0 Å². The first-order chi connectivity index (χ1) is 7.58. The highest BCUT2D eigenvalue weighted by Gasteiger charge is 2.35. The summed E-state index contributed by atoms with van der Waals surface area (Å²) >= 11 is 5.76. The summed E-state index contributed by atoms with van der Waals surface area (Å²) < 4.78 is 0.371. The Kier molecular flexibility index (Phi) is 3.07. The van der Waals surface area contributed by atoms with E-state index in [9.17, 15) is 9.59 Å². The molecule has 1 fully saturated rings. The molecule has 0 aromatic heterocycles. The van der Waals surface area contributed by atoms with Gasteiger partial charge in [-0.2, -0.15) is 0 Å². The fourth-order valence-electron chi connectivity index (χ4n) is 1.41. The van der Waals surface area contributed by atoms with Crippen LogP contribution in [0, 0.1) is 6.92 Å². The number of aryl methyl sites for hydroxylation is 1. The molecule has 0 spiro atoms. The minimum Gasteiger partial charge on any atom is -0.354 e. The molecule has 5 heteroatoms. The number of nitrogens with one attached hydrogen (secondary N) is 1. The summed E-state index contributed by atoms with van der Waals surface area (Å²) in [7, 11) is 0. The molecule has 82 valence electrons. The Morgan fingerprint density at radius 1 is 1.38 bits per heavy atom. The van der Waals surface area contributed by atoms with Crippen LogP contribution in [0.1, 0.15) is 15.9 Å². The molecule has 1 aromatic rings. The van der Waals surface area contributed by atoms with E-state index in [1.807, 2.05) is 19.1 Å². The van der Waals surface area contributed by atoms with Crippen molar-refractivity contribution in [3.05, 3.63) is 35.4 Å². The van der Waals surface area contributed by atoms with E-state index >= 15 is 0 Å². The number of hydrogen-bond donors (Lipinski definition) is 1. The molecule has 0 bridgehead atoms. The minimum atomic E-state index is -0.819. The van der Waals surface area contributed by atoms with Gasteiger partial charge in [0.1, 0.15) is 4.32 Å². The molecule has 3 nitrogen and oxygen atoms in total. The predicted octanol–water partition coefficient (Wildman–Crippen LogP) is 1.69. The van der Waals surface area contributed by atoms with Crippen molar-refractivity contribution in [1.29, 1.82) is 0 Å². The summed E-state index contributed by atoms with van der Waals surface area (Å²) in [5, 5.41) is 2.49. The lowest BCUT2D eigenvalue weighted by Crippen LogP contribution is -2.36. The van der Waals surface area contributed by atoms with Crippen molar-refractivity contribution in [2.75, 3.05) is 0 Å². The van der Waals surface area contributed by atoms with Crippen LogP contribution in [0.4, 0.5) is 0 Å². The maximum Gasteiger partial charge on any atom is 0.226 e. The maximum atomic E-state index is 12.0. The second-order valence-corrected chi connectivity index (χ2v) is 5.20. The number of thioether (sulfide) groups is 1. The third-order valence-electron chi connectivity index (χ3n) is 2.29. The van der Waals surface area contributed by atoms with E-state index in [1.165, 1.54) is 0 Å². The number of thiocarbonyl (C=S) groups is 1. The molecule has 1 aliphatic heterocycles. The average Bonchev–Trinajstić information content (AvgIpc) is 2.58. The lowest BCUT2D eigenvalue weighted by atomic mass is 10.0. The van der Waals surface area contributed by atoms with Gasteiger partial charge in [0.2, 0.25) is 5.12 Å². The van der Waals surface area contributed by atoms with Gasteiger partial charge in [0.05, 0.1) is 0 Å². The zero-order valence-corrected chi connectivity index (χ0v) is 10.2. The fourth-order valence-corrected chi connectivity index (χ4v) is 2.42. The highest BCUT2D eigenvalue weighted by molar-refractivity contribution is 8.33. The number of carbonyl (C=O) groups is 2. The summed E-state index contributed by atoms with van der Waals surface area (Å²) in [4.78, 5) is 23.4. The molecule has 0 saturated carbocycles. The number of rotatable bonds is 2. The highest BCUT2D eigenvalue weighted by Crippen LogP contribution is 2.19. The lowest BCUT2D eigenvalue weighted by Gasteiger charge is -2.07. The highest BCUT2D eigenvalue weighted by atomic mass is 32.2. The van der Waals surface area contributed by atoms with Gasteiger partial charge in [-0.3, -0.25) is 9.59 Å². The Balaban J connectivity index is 2.22. The van der Waals surface area contributed by atoms with Gasteiger partial charge in [-0.1, -0.05) is 42.0 Å². The number of ketones is 1. The first-order valence-electron chi connectivity index (χ1n) is 4.71. The SMILES string of the molecule is Cc1ccc(C(=O)C2NC(=S)SC2=O)cc1. The van der Waals surface area contributed by atoms with Gasteiger partial charge in [-0.05, 0) is 18.7 Å². The molecule has 1 aromatic carbocycles. The summed E-state index contributed by atoms with van der Waals surface area (Å²) in [6.07, 6.45) is 0. The largest absolute Gasteiger partial charge is 0.354 e. The summed E-state index contributed by atoms with van der Waals surface area (Å²) in [6, 6.07) is 6.31. The normalized spacial score (nSPS) is 19.7. The van der Waals surface area contributed by atoms with Crippen molar-refractivity contribution in [3.63, 3.8) is 0 Å². The van der Waals surface area contributed by atoms with E-state index in [2.05, 4.69) is 5.32 Å². The molecule has 16 heavy (non-hydrogen) atoms. The molecule has 1 unspecified atom stereocenters. The number of Topliss-reactive ketones (excluding diaryl/α,β-unsaturated/α-hetero) is 1. The Morgan fingerprint density at radius 2 is 2.00 bits per heavy atom. The summed E-state index contributed by atoms with van der Waals surface area (Å²) in [5.41, 5.74) is 1.61. The minimum absolute atomic E-state index is 0.225.